The van der Waals surface area contributed by atoms with Crippen molar-refractivity contribution in [2.45, 2.75) is 50.1 Å². The molecule has 0 aliphatic heterocycles. The minimum absolute atomic E-state index is 0.0424. The number of alkyl halides is 6. The lowest BCUT2D eigenvalue weighted by Gasteiger charge is -2.38. The van der Waals surface area contributed by atoms with Gasteiger partial charge in [0.15, 0.2) is 12.5 Å². The van der Waals surface area contributed by atoms with Crippen LogP contribution in [0.5, 0.6) is 0 Å². The molecule has 1 saturated carbocycles. The largest absolute Gasteiger partial charge is 0.416 e. The molecule has 0 spiro atoms. The summed E-state index contributed by atoms with van der Waals surface area (Å²) in [6.45, 7) is 0. The Bertz CT molecular complexity index is 1420. The van der Waals surface area contributed by atoms with E-state index in [0.717, 1.165) is 35.2 Å². The fourth-order valence-corrected chi connectivity index (χ4v) is 9.97. The van der Waals surface area contributed by atoms with E-state index in [-0.39, 0.29) is 28.9 Å². The highest BCUT2D eigenvalue weighted by molar-refractivity contribution is 7.94. The topological polar surface area (TPSA) is 36.1 Å². The van der Waals surface area contributed by atoms with Gasteiger partial charge in [0, 0.05) is 11.7 Å². The molecule has 230 valence electrons. The highest BCUT2D eigenvalue weighted by Crippen LogP contribution is 2.52. The van der Waals surface area contributed by atoms with Crippen LogP contribution in [0.1, 0.15) is 36.8 Å². The van der Waals surface area contributed by atoms with E-state index in [0.29, 0.717) is 18.6 Å². The Morgan fingerprint density at radius 1 is 0.614 bits per heavy atom. The maximum atomic E-state index is 13.4. The number of hydrogen-bond donors (Lipinski definition) is 3. The van der Waals surface area contributed by atoms with Crippen LogP contribution in [0.3, 0.4) is 0 Å². The molecular weight excluding hydrogens is 615 g/mol. The Morgan fingerprint density at radius 3 is 1.43 bits per heavy atom. The van der Waals surface area contributed by atoms with Crippen LogP contribution < -0.4 is 31.6 Å². The van der Waals surface area contributed by atoms with Gasteiger partial charge >= 0.3 is 12.4 Å². The molecule has 4 aromatic rings. The third-order valence-electron chi connectivity index (χ3n) is 7.72. The molecule has 0 heterocycles. The summed E-state index contributed by atoms with van der Waals surface area (Å²) in [6.07, 6.45) is -6.54. The number of rotatable bonds is 7. The van der Waals surface area contributed by atoms with E-state index in [4.69, 9.17) is 12.2 Å². The lowest BCUT2D eigenvalue weighted by Crippen LogP contribution is -2.55. The summed E-state index contributed by atoms with van der Waals surface area (Å²) in [5.41, 5.74) is -3.19. The molecule has 44 heavy (non-hydrogen) atoms. The molecule has 1 aliphatic carbocycles. The predicted molar refractivity (Wildman–Crippen MR) is 170 cm³/mol. The van der Waals surface area contributed by atoms with Crippen LogP contribution in [-0.2, 0) is 12.4 Å². The highest BCUT2D eigenvalue weighted by atomic mass is 32.1. The van der Waals surface area contributed by atoms with Crippen molar-refractivity contribution in [1.82, 2.24) is 10.4 Å². The summed E-state index contributed by atoms with van der Waals surface area (Å²) >= 11 is 5.46. The molecule has 1 aliphatic rings. The monoisotopic (exact) mass is 646 g/mol. The van der Waals surface area contributed by atoms with Crippen LogP contribution in [0.15, 0.2) is 109 Å². The van der Waals surface area contributed by atoms with E-state index >= 15 is 0 Å². The maximum absolute atomic E-state index is 13.4. The zero-order valence-corrected chi connectivity index (χ0v) is 25.2. The van der Waals surface area contributed by atoms with Crippen LogP contribution in [0, 0.1) is 0 Å². The third-order valence-corrected chi connectivity index (χ3v) is 11.9. The first-order valence-electron chi connectivity index (χ1n) is 14.2. The van der Waals surface area contributed by atoms with Gasteiger partial charge in [-0.05, 0) is 79.7 Å². The molecule has 0 amide bonds. The average molecular weight is 647 g/mol. The van der Waals surface area contributed by atoms with E-state index in [2.05, 4.69) is 52.1 Å². The molecule has 3 nitrogen and oxygen atoms in total. The Balaban J connectivity index is 1.47. The molecular formula is C33H31F6N3PS+. The third kappa shape index (κ3) is 7.25. The number of hydrogen-bond acceptors (Lipinski definition) is 2. The molecule has 4 aromatic carbocycles. The lowest BCUT2D eigenvalue weighted by atomic mass is 9.91. The van der Waals surface area contributed by atoms with Gasteiger partial charge in [0.25, 0.3) is 0 Å². The van der Waals surface area contributed by atoms with Crippen LogP contribution >= 0.6 is 19.6 Å². The molecule has 1 fully saturated rings. The fraction of sp³-hybridized carbons (Fsp3) is 0.242. The Labute approximate surface area is 258 Å². The normalized spacial score (nSPS) is 17.6. The number of nitrogens with one attached hydrogen (secondary N) is 3. The number of benzene rings is 4. The molecule has 5 rings (SSSR count). The molecule has 0 saturated heterocycles. The van der Waals surface area contributed by atoms with Crippen molar-refractivity contribution in [3.05, 3.63) is 120 Å². The van der Waals surface area contributed by atoms with Gasteiger partial charge in [-0.2, -0.15) is 31.4 Å². The second-order valence-electron chi connectivity index (χ2n) is 10.7. The number of halogens is 6. The fourth-order valence-electron chi connectivity index (χ4n) is 5.70. The van der Waals surface area contributed by atoms with Crippen LogP contribution in [0.4, 0.5) is 32.0 Å². The van der Waals surface area contributed by atoms with Crippen LogP contribution in [0.2, 0.25) is 0 Å². The first kappa shape index (κ1) is 31.9. The van der Waals surface area contributed by atoms with Gasteiger partial charge in [0.2, 0.25) is 0 Å². The summed E-state index contributed by atoms with van der Waals surface area (Å²) in [5.74, 6) is 0. The summed E-state index contributed by atoms with van der Waals surface area (Å²) < 4.78 is 80.6. The maximum Gasteiger partial charge on any atom is 0.416 e. The van der Waals surface area contributed by atoms with Crippen molar-refractivity contribution in [3.8, 4) is 0 Å². The van der Waals surface area contributed by atoms with Gasteiger partial charge in [-0.25, -0.2) is 0 Å². The zero-order chi connectivity index (χ0) is 31.4. The molecule has 0 bridgehead atoms. The highest BCUT2D eigenvalue weighted by Gasteiger charge is 2.49. The molecule has 3 N–H and O–H groups in total. The standard InChI is InChI=1S/C33H30F6N3PS/c34-32(35,36)23-20-24(33(37,38)39)22-25(21-23)40-31(44)41-29-18-10-11-19-30(29)42-43(26-12-4-1-5-13-26,27-14-6-2-7-15-27)28-16-8-3-9-17-28/h1-9,12-17,20-22,29-30,42H,10-11,18-19H2,(H-,40,41,44)/p+1/t29-,30-/m1/s1. The van der Waals surface area contributed by atoms with Crippen molar-refractivity contribution in [3.63, 3.8) is 0 Å². The quantitative estimate of drug-likeness (QED) is 0.109. The summed E-state index contributed by atoms with van der Waals surface area (Å²) in [6, 6.07) is 31.7. The van der Waals surface area contributed by atoms with Gasteiger partial charge in [-0.3, -0.25) is 0 Å². The molecule has 0 aromatic heterocycles. The van der Waals surface area contributed by atoms with Gasteiger partial charge in [-0.15, -0.1) is 0 Å². The van der Waals surface area contributed by atoms with E-state index < -0.39 is 30.9 Å². The van der Waals surface area contributed by atoms with E-state index in [1.807, 2.05) is 54.6 Å². The van der Waals surface area contributed by atoms with Crippen molar-refractivity contribution in [2.24, 2.45) is 0 Å². The molecule has 0 radical (unpaired) electrons. The SMILES string of the molecule is FC(F)(F)c1cc(NC(=S)N[C@@H]2CCCC[C@H]2N[P+](c2ccccc2)(c2ccccc2)c2ccccc2)cc(C(F)(F)F)c1. The van der Waals surface area contributed by atoms with Crippen molar-refractivity contribution < 1.29 is 26.3 Å². The number of thiocarbonyl (C=S) groups is 1. The summed E-state index contributed by atoms with van der Waals surface area (Å²) in [5, 5.41) is 13.2. The van der Waals surface area contributed by atoms with E-state index in [1.54, 1.807) is 0 Å². The van der Waals surface area contributed by atoms with Crippen LogP contribution in [-0.4, -0.2) is 17.2 Å². The molecule has 0 unspecified atom stereocenters. The smallest absolute Gasteiger partial charge is 0.358 e. The molecule has 2 atom stereocenters. The second kappa shape index (κ2) is 13.3. The summed E-state index contributed by atoms with van der Waals surface area (Å²) in [4.78, 5) is 0. The van der Waals surface area contributed by atoms with Crippen molar-refractivity contribution in [1.29, 1.82) is 0 Å². The lowest BCUT2D eigenvalue weighted by molar-refractivity contribution is -0.143. The first-order chi connectivity index (χ1) is 21.0. The van der Waals surface area contributed by atoms with Gasteiger partial charge in [0.05, 0.1) is 17.2 Å². The van der Waals surface area contributed by atoms with Crippen molar-refractivity contribution >= 4 is 46.3 Å². The van der Waals surface area contributed by atoms with Crippen molar-refractivity contribution in [2.75, 3.05) is 5.32 Å². The predicted octanol–water partition coefficient (Wildman–Crippen LogP) is 7.82. The minimum Gasteiger partial charge on any atom is -0.358 e. The summed E-state index contributed by atoms with van der Waals surface area (Å²) in [7, 11) is -2.42. The van der Waals surface area contributed by atoms with Gasteiger partial charge < -0.3 is 10.6 Å². The van der Waals surface area contributed by atoms with Gasteiger partial charge in [0.1, 0.15) is 15.9 Å². The Morgan fingerprint density at radius 2 is 1.02 bits per heavy atom. The van der Waals surface area contributed by atoms with Crippen LogP contribution in [0.25, 0.3) is 0 Å². The first-order valence-corrected chi connectivity index (χ1v) is 16.4. The Kier molecular flexibility index (Phi) is 9.63. The Hall–Kier alpha value is -3.46. The molecule has 11 heteroatoms. The van der Waals surface area contributed by atoms with E-state index in [1.165, 1.54) is 0 Å². The minimum atomic E-state index is -4.95. The average Bonchev–Trinajstić information content (AvgIpc) is 3.01. The second-order valence-corrected chi connectivity index (χ2v) is 14.3. The van der Waals surface area contributed by atoms with Gasteiger partial charge in [-0.1, -0.05) is 67.4 Å². The zero-order valence-electron chi connectivity index (χ0n) is 23.5. The number of anilines is 1. The van der Waals surface area contributed by atoms with E-state index in [9.17, 15) is 26.3 Å².